The van der Waals surface area contributed by atoms with E-state index in [0.717, 1.165) is 6.07 Å². The molecule has 1 heterocycles. The number of H-pyrrole nitrogens is 1. The van der Waals surface area contributed by atoms with Gasteiger partial charge < -0.3 is 9.42 Å². The maximum absolute atomic E-state index is 11.3. The largest absolute Gasteiger partial charge is 0.373 e. The second kappa shape index (κ2) is 3.25. The molecule has 1 amide bonds. The minimum absolute atomic E-state index is 0.0457. The Bertz CT molecular complexity index is 325. The molecule has 5 nitrogen and oxygen atoms in total. The number of rotatable bonds is 2. The Kier molecular flexibility index (Phi) is 2.32. The molecule has 0 radical (unpaired) electrons. The van der Waals surface area contributed by atoms with Crippen LogP contribution in [0.4, 0.5) is 0 Å². The molecule has 0 atom stereocenters. The summed E-state index contributed by atoms with van der Waals surface area (Å²) in [4.78, 5) is 23.3. The molecule has 0 saturated heterocycles. The summed E-state index contributed by atoms with van der Waals surface area (Å²) >= 11 is 0. The second-order valence-electron chi connectivity index (χ2n) is 2.40. The standard InChI is InChI=1S/C7H10N2O3/c1-3-9(2)7(11)5-4-6(10)8-12-5/h4H,3H2,1-2H3,(H,8,10). The molecule has 1 rings (SSSR count). The topological polar surface area (TPSA) is 66.3 Å². The molecule has 0 aromatic carbocycles. The maximum Gasteiger partial charge on any atom is 0.292 e. The van der Waals surface area contributed by atoms with Crippen LogP contribution < -0.4 is 5.56 Å². The fourth-order valence-electron chi connectivity index (χ4n) is 0.720. The van der Waals surface area contributed by atoms with Crippen LogP contribution in [-0.4, -0.2) is 29.6 Å². The van der Waals surface area contributed by atoms with E-state index in [1.54, 1.807) is 7.05 Å². The lowest BCUT2D eigenvalue weighted by molar-refractivity contribution is 0.0761. The molecule has 0 saturated carbocycles. The third-order valence-corrected chi connectivity index (χ3v) is 1.56. The van der Waals surface area contributed by atoms with Gasteiger partial charge >= 0.3 is 0 Å². The second-order valence-corrected chi connectivity index (χ2v) is 2.40. The van der Waals surface area contributed by atoms with Gasteiger partial charge in [0.25, 0.3) is 11.5 Å². The lowest BCUT2D eigenvalue weighted by Gasteiger charge is -2.10. The number of nitrogens with zero attached hydrogens (tertiary/aromatic N) is 1. The number of nitrogens with one attached hydrogen (secondary N) is 1. The predicted octanol–water partition coefficient (Wildman–Crippen LogP) is 0.0598. The van der Waals surface area contributed by atoms with E-state index in [4.69, 9.17) is 0 Å². The Labute approximate surface area is 68.9 Å². The fourth-order valence-corrected chi connectivity index (χ4v) is 0.720. The van der Waals surface area contributed by atoms with Gasteiger partial charge in [0.1, 0.15) is 0 Å². The summed E-state index contributed by atoms with van der Waals surface area (Å²) in [7, 11) is 1.63. The number of aromatic nitrogens is 1. The molecule has 1 aromatic rings. The van der Waals surface area contributed by atoms with E-state index in [-0.39, 0.29) is 11.7 Å². The number of amides is 1. The number of hydrogen-bond acceptors (Lipinski definition) is 3. The van der Waals surface area contributed by atoms with Gasteiger partial charge in [0.15, 0.2) is 0 Å². The van der Waals surface area contributed by atoms with Crippen LogP contribution in [0.3, 0.4) is 0 Å². The van der Waals surface area contributed by atoms with Crippen LogP contribution in [0.15, 0.2) is 15.4 Å². The van der Waals surface area contributed by atoms with Gasteiger partial charge in [0.2, 0.25) is 5.76 Å². The van der Waals surface area contributed by atoms with Crippen LogP contribution in [-0.2, 0) is 0 Å². The zero-order chi connectivity index (χ0) is 9.14. The molecule has 0 fully saturated rings. The SMILES string of the molecule is CCN(C)C(=O)c1cc(=O)[nH]o1. The predicted molar refractivity (Wildman–Crippen MR) is 42.0 cm³/mol. The van der Waals surface area contributed by atoms with E-state index in [9.17, 15) is 9.59 Å². The first kappa shape index (κ1) is 8.58. The van der Waals surface area contributed by atoms with Gasteiger partial charge in [-0.3, -0.25) is 9.59 Å². The summed E-state index contributed by atoms with van der Waals surface area (Å²) in [6.45, 7) is 2.41. The molecule has 0 aliphatic carbocycles. The zero-order valence-corrected chi connectivity index (χ0v) is 6.96. The summed E-state index contributed by atoms with van der Waals surface area (Å²) < 4.78 is 4.62. The van der Waals surface area contributed by atoms with E-state index in [1.807, 2.05) is 6.92 Å². The highest BCUT2D eigenvalue weighted by atomic mass is 16.5. The van der Waals surface area contributed by atoms with Gasteiger partial charge in [0.05, 0.1) is 6.07 Å². The highest BCUT2D eigenvalue weighted by molar-refractivity contribution is 5.90. The van der Waals surface area contributed by atoms with Crippen LogP contribution in [0.25, 0.3) is 0 Å². The van der Waals surface area contributed by atoms with Crippen molar-refractivity contribution in [2.45, 2.75) is 6.92 Å². The third kappa shape index (κ3) is 1.55. The third-order valence-electron chi connectivity index (χ3n) is 1.56. The molecule has 0 unspecified atom stereocenters. The summed E-state index contributed by atoms with van der Waals surface area (Å²) in [5.74, 6) is -0.250. The highest BCUT2D eigenvalue weighted by Crippen LogP contribution is 1.97. The number of carbonyl (C=O) groups is 1. The molecule has 0 bridgehead atoms. The van der Waals surface area contributed by atoms with Gasteiger partial charge in [-0.25, -0.2) is 0 Å². The minimum atomic E-state index is -0.400. The average molecular weight is 170 g/mol. The van der Waals surface area contributed by atoms with Crippen LogP contribution in [0.5, 0.6) is 0 Å². The first-order valence-corrected chi connectivity index (χ1v) is 3.59. The monoisotopic (exact) mass is 170 g/mol. The van der Waals surface area contributed by atoms with Crippen LogP contribution in [0.1, 0.15) is 17.5 Å². The quantitative estimate of drug-likeness (QED) is 0.682. The molecule has 12 heavy (non-hydrogen) atoms. The molecule has 0 spiro atoms. The van der Waals surface area contributed by atoms with E-state index in [0.29, 0.717) is 6.54 Å². The first-order chi connectivity index (χ1) is 5.65. The molecule has 0 aliphatic heterocycles. The van der Waals surface area contributed by atoms with Crippen molar-refractivity contribution >= 4 is 5.91 Å². The van der Waals surface area contributed by atoms with E-state index in [1.165, 1.54) is 4.90 Å². The van der Waals surface area contributed by atoms with Gasteiger partial charge in [-0.2, -0.15) is 5.16 Å². The van der Waals surface area contributed by atoms with E-state index >= 15 is 0 Å². The summed E-state index contributed by atoms with van der Waals surface area (Å²) in [6, 6.07) is 1.13. The van der Waals surface area contributed by atoms with Gasteiger partial charge in [0, 0.05) is 13.6 Å². The lowest BCUT2D eigenvalue weighted by atomic mass is 10.4. The summed E-state index contributed by atoms with van der Waals surface area (Å²) in [5, 5.41) is 2.05. The average Bonchev–Trinajstić information content (AvgIpc) is 2.49. The summed E-state index contributed by atoms with van der Waals surface area (Å²) in [6.07, 6.45) is 0. The van der Waals surface area contributed by atoms with Crippen molar-refractivity contribution in [1.29, 1.82) is 0 Å². The van der Waals surface area contributed by atoms with Gasteiger partial charge in [-0.15, -0.1) is 0 Å². The van der Waals surface area contributed by atoms with Crippen LogP contribution in [0, 0.1) is 0 Å². The molecule has 1 N–H and O–H groups in total. The minimum Gasteiger partial charge on any atom is -0.373 e. The molecular weight excluding hydrogens is 160 g/mol. The van der Waals surface area contributed by atoms with Crippen molar-refractivity contribution in [1.82, 2.24) is 10.1 Å². The van der Waals surface area contributed by atoms with E-state index < -0.39 is 5.56 Å². The normalized spacial score (nSPS) is 9.83. The molecule has 0 aliphatic rings. The number of carbonyl (C=O) groups excluding carboxylic acids is 1. The van der Waals surface area contributed by atoms with Gasteiger partial charge in [-0.05, 0) is 6.92 Å². The number of hydrogen-bond donors (Lipinski definition) is 1. The van der Waals surface area contributed by atoms with Crippen molar-refractivity contribution in [3.63, 3.8) is 0 Å². The zero-order valence-electron chi connectivity index (χ0n) is 6.96. The van der Waals surface area contributed by atoms with Crippen molar-refractivity contribution in [3.05, 3.63) is 22.2 Å². The Balaban J connectivity index is 2.85. The van der Waals surface area contributed by atoms with Crippen molar-refractivity contribution in [3.8, 4) is 0 Å². The molecule has 5 heteroatoms. The Hall–Kier alpha value is -1.52. The summed E-state index contributed by atoms with van der Waals surface area (Å²) in [5.41, 5.74) is -0.400. The fraction of sp³-hybridized carbons (Fsp3) is 0.429. The Morgan fingerprint density at radius 1 is 1.75 bits per heavy atom. The molecule has 1 aromatic heterocycles. The Morgan fingerprint density at radius 3 is 2.83 bits per heavy atom. The van der Waals surface area contributed by atoms with Crippen molar-refractivity contribution in [2.24, 2.45) is 0 Å². The van der Waals surface area contributed by atoms with Crippen molar-refractivity contribution < 1.29 is 9.32 Å². The number of aromatic amines is 1. The molecular formula is C7H10N2O3. The van der Waals surface area contributed by atoms with E-state index in [2.05, 4.69) is 9.68 Å². The smallest absolute Gasteiger partial charge is 0.292 e. The molecule has 66 valence electrons. The first-order valence-electron chi connectivity index (χ1n) is 3.59. The van der Waals surface area contributed by atoms with Crippen LogP contribution >= 0.6 is 0 Å². The Morgan fingerprint density at radius 2 is 2.42 bits per heavy atom. The van der Waals surface area contributed by atoms with Crippen molar-refractivity contribution in [2.75, 3.05) is 13.6 Å². The van der Waals surface area contributed by atoms with Crippen LogP contribution in [0.2, 0.25) is 0 Å². The van der Waals surface area contributed by atoms with Gasteiger partial charge in [-0.1, -0.05) is 0 Å². The lowest BCUT2D eigenvalue weighted by Crippen LogP contribution is -2.25. The highest BCUT2D eigenvalue weighted by Gasteiger charge is 2.14. The maximum atomic E-state index is 11.3.